The molecule has 1 fully saturated rings. The Labute approximate surface area is 102 Å². The number of nitrogens with zero attached hydrogens (tertiary/aromatic N) is 1. The van der Waals surface area contributed by atoms with Gasteiger partial charge >= 0.3 is 0 Å². The quantitative estimate of drug-likeness (QED) is 0.792. The minimum Gasteiger partial charge on any atom is -0.310 e. The van der Waals surface area contributed by atoms with Crippen LogP contribution >= 0.6 is 0 Å². The Morgan fingerprint density at radius 1 is 1.31 bits per heavy atom. The van der Waals surface area contributed by atoms with Gasteiger partial charge in [-0.2, -0.15) is 0 Å². The lowest BCUT2D eigenvalue weighted by Gasteiger charge is -2.40. The Morgan fingerprint density at radius 3 is 2.44 bits per heavy atom. The van der Waals surface area contributed by atoms with E-state index in [0.717, 1.165) is 6.04 Å². The summed E-state index contributed by atoms with van der Waals surface area (Å²) in [7, 11) is 0. The average Bonchev–Trinajstić information content (AvgIpc) is 2.48. The maximum absolute atomic E-state index is 3.79. The largest absolute Gasteiger partial charge is 0.310 e. The number of rotatable bonds is 4. The lowest BCUT2D eigenvalue weighted by atomic mass is 9.91. The van der Waals surface area contributed by atoms with Crippen molar-refractivity contribution in [1.82, 2.24) is 10.2 Å². The molecule has 2 nitrogen and oxygen atoms in total. The molecule has 16 heavy (non-hydrogen) atoms. The van der Waals surface area contributed by atoms with Crippen LogP contribution in [0.2, 0.25) is 0 Å². The molecular weight excluding hydrogens is 196 g/mol. The van der Waals surface area contributed by atoms with Crippen LogP contribution in [0, 0.1) is 0 Å². The molecule has 0 amide bonds. The zero-order valence-electron chi connectivity index (χ0n) is 11.8. The lowest BCUT2D eigenvalue weighted by Crippen LogP contribution is -2.53. The molecule has 1 saturated heterocycles. The molecule has 1 aliphatic rings. The van der Waals surface area contributed by atoms with E-state index < -0.39 is 0 Å². The molecule has 96 valence electrons. The first kappa shape index (κ1) is 14.0. The second kappa shape index (κ2) is 6.02. The standard InChI is InChI=1S/C14H30N2/c1-6-12(4)16-11-14(7-2,8-3)15-10-9-13(16)5/h12-13,15H,6-11H2,1-5H3. The monoisotopic (exact) mass is 226 g/mol. The summed E-state index contributed by atoms with van der Waals surface area (Å²) in [6, 6.07) is 1.44. The Kier molecular flexibility index (Phi) is 5.26. The van der Waals surface area contributed by atoms with E-state index in [4.69, 9.17) is 0 Å². The Hall–Kier alpha value is -0.0800. The summed E-state index contributed by atoms with van der Waals surface area (Å²) >= 11 is 0. The van der Waals surface area contributed by atoms with E-state index >= 15 is 0 Å². The van der Waals surface area contributed by atoms with Gasteiger partial charge < -0.3 is 5.32 Å². The first-order valence-electron chi connectivity index (χ1n) is 7.09. The summed E-state index contributed by atoms with van der Waals surface area (Å²) in [6.07, 6.45) is 5.02. The molecule has 0 aliphatic carbocycles. The normalized spacial score (nSPS) is 28.7. The van der Waals surface area contributed by atoms with Gasteiger partial charge in [-0.3, -0.25) is 4.90 Å². The molecule has 0 aromatic heterocycles. The molecule has 1 N–H and O–H groups in total. The number of hydrogen-bond acceptors (Lipinski definition) is 2. The molecule has 2 atom stereocenters. The van der Waals surface area contributed by atoms with Crippen LogP contribution in [0.15, 0.2) is 0 Å². The van der Waals surface area contributed by atoms with Gasteiger partial charge in [0.25, 0.3) is 0 Å². The molecule has 1 rings (SSSR count). The molecule has 0 bridgehead atoms. The Morgan fingerprint density at radius 2 is 1.94 bits per heavy atom. The topological polar surface area (TPSA) is 15.3 Å². The second-order valence-corrected chi connectivity index (χ2v) is 5.48. The van der Waals surface area contributed by atoms with Crippen molar-refractivity contribution < 1.29 is 0 Å². The van der Waals surface area contributed by atoms with Gasteiger partial charge in [0.2, 0.25) is 0 Å². The molecule has 2 unspecified atom stereocenters. The van der Waals surface area contributed by atoms with Crippen LogP contribution < -0.4 is 5.32 Å². The highest BCUT2D eigenvalue weighted by Gasteiger charge is 2.34. The predicted molar refractivity (Wildman–Crippen MR) is 71.9 cm³/mol. The second-order valence-electron chi connectivity index (χ2n) is 5.48. The van der Waals surface area contributed by atoms with Gasteiger partial charge in [-0.1, -0.05) is 20.8 Å². The van der Waals surface area contributed by atoms with Crippen LogP contribution in [0.4, 0.5) is 0 Å². The van der Waals surface area contributed by atoms with Crippen molar-refractivity contribution in [2.45, 2.75) is 77.9 Å². The maximum Gasteiger partial charge on any atom is 0.0303 e. The van der Waals surface area contributed by atoms with Gasteiger partial charge in [-0.15, -0.1) is 0 Å². The van der Waals surface area contributed by atoms with Crippen LogP contribution in [-0.2, 0) is 0 Å². The summed E-state index contributed by atoms with van der Waals surface area (Å²) in [6.45, 7) is 14.1. The van der Waals surface area contributed by atoms with Crippen LogP contribution in [0.25, 0.3) is 0 Å². The van der Waals surface area contributed by atoms with Gasteiger partial charge in [0, 0.05) is 24.2 Å². The number of nitrogens with one attached hydrogen (secondary N) is 1. The van der Waals surface area contributed by atoms with Gasteiger partial charge in [0.05, 0.1) is 0 Å². The summed E-state index contributed by atoms with van der Waals surface area (Å²) in [4.78, 5) is 2.72. The lowest BCUT2D eigenvalue weighted by molar-refractivity contribution is 0.115. The average molecular weight is 226 g/mol. The van der Waals surface area contributed by atoms with Crippen LogP contribution in [0.5, 0.6) is 0 Å². The minimum atomic E-state index is 0.355. The molecule has 0 aromatic rings. The molecule has 0 radical (unpaired) electrons. The van der Waals surface area contributed by atoms with Crippen molar-refractivity contribution in [2.75, 3.05) is 13.1 Å². The van der Waals surface area contributed by atoms with Crippen LogP contribution in [0.3, 0.4) is 0 Å². The zero-order valence-corrected chi connectivity index (χ0v) is 11.8. The van der Waals surface area contributed by atoms with E-state index in [0.29, 0.717) is 11.6 Å². The molecule has 0 aromatic carbocycles. The van der Waals surface area contributed by atoms with Crippen molar-refractivity contribution in [1.29, 1.82) is 0 Å². The van der Waals surface area contributed by atoms with E-state index in [1.165, 1.54) is 38.8 Å². The third-order valence-corrected chi connectivity index (χ3v) is 4.62. The first-order chi connectivity index (χ1) is 7.58. The van der Waals surface area contributed by atoms with Crippen molar-refractivity contribution in [3.8, 4) is 0 Å². The SMILES string of the molecule is CCC(C)N1CC(CC)(CC)NCCC1C. The van der Waals surface area contributed by atoms with Gasteiger partial charge in [-0.25, -0.2) is 0 Å². The maximum atomic E-state index is 3.79. The van der Waals surface area contributed by atoms with E-state index in [1.807, 2.05) is 0 Å². The molecule has 1 aliphatic heterocycles. The van der Waals surface area contributed by atoms with Gasteiger partial charge in [0.15, 0.2) is 0 Å². The van der Waals surface area contributed by atoms with E-state index in [1.54, 1.807) is 0 Å². The highest BCUT2D eigenvalue weighted by molar-refractivity contribution is 4.94. The summed E-state index contributed by atoms with van der Waals surface area (Å²) in [5.41, 5.74) is 0.355. The molecular formula is C14H30N2. The molecule has 2 heteroatoms. The summed E-state index contributed by atoms with van der Waals surface area (Å²) < 4.78 is 0. The summed E-state index contributed by atoms with van der Waals surface area (Å²) in [5.74, 6) is 0. The third-order valence-electron chi connectivity index (χ3n) is 4.62. The fourth-order valence-electron chi connectivity index (χ4n) is 2.82. The Balaban J connectivity index is 2.80. The third kappa shape index (κ3) is 2.98. The van der Waals surface area contributed by atoms with E-state index in [9.17, 15) is 0 Å². The van der Waals surface area contributed by atoms with E-state index in [-0.39, 0.29) is 0 Å². The Bertz CT molecular complexity index is 199. The van der Waals surface area contributed by atoms with Crippen molar-refractivity contribution in [3.63, 3.8) is 0 Å². The highest BCUT2D eigenvalue weighted by Crippen LogP contribution is 2.24. The predicted octanol–water partition coefficient (Wildman–Crippen LogP) is 3.03. The zero-order chi connectivity index (χ0) is 12.2. The van der Waals surface area contributed by atoms with Crippen molar-refractivity contribution in [3.05, 3.63) is 0 Å². The number of hydrogen-bond donors (Lipinski definition) is 1. The molecule has 0 spiro atoms. The minimum absolute atomic E-state index is 0.355. The van der Waals surface area contributed by atoms with E-state index in [2.05, 4.69) is 44.8 Å². The molecule has 0 saturated carbocycles. The van der Waals surface area contributed by atoms with Crippen molar-refractivity contribution >= 4 is 0 Å². The summed E-state index contributed by atoms with van der Waals surface area (Å²) in [5, 5.41) is 3.79. The van der Waals surface area contributed by atoms with Crippen molar-refractivity contribution in [2.24, 2.45) is 0 Å². The van der Waals surface area contributed by atoms with Gasteiger partial charge in [0.1, 0.15) is 0 Å². The fourth-order valence-corrected chi connectivity index (χ4v) is 2.82. The van der Waals surface area contributed by atoms with Crippen LogP contribution in [-0.4, -0.2) is 35.6 Å². The fraction of sp³-hybridized carbons (Fsp3) is 1.00. The van der Waals surface area contributed by atoms with Crippen LogP contribution in [0.1, 0.15) is 60.3 Å². The smallest absolute Gasteiger partial charge is 0.0303 e. The van der Waals surface area contributed by atoms with Gasteiger partial charge in [-0.05, 0) is 46.1 Å². The first-order valence-corrected chi connectivity index (χ1v) is 7.09. The molecule has 1 heterocycles. The highest BCUT2D eigenvalue weighted by atomic mass is 15.2.